The number of alkyl halides is 3. The fraction of sp³-hybridized carbons (Fsp3) is 0.263. The highest BCUT2D eigenvalue weighted by Crippen LogP contribution is 2.38. The summed E-state index contributed by atoms with van der Waals surface area (Å²) < 4.78 is 43.1. The second-order valence-electron chi connectivity index (χ2n) is 7.17. The lowest BCUT2D eigenvalue weighted by Crippen LogP contribution is -2.31. The van der Waals surface area contributed by atoms with Crippen LogP contribution in [-0.4, -0.2) is 33.9 Å². The van der Waals surface area contributed by atoms with E-state index >= 15 is 0 Å². The van der Waals surface area contributed by atoms with Crippen LogP contribution < -0.4 is 0 Å². The van der Waals surface area contributed by atoms with Crippen molar-refractivity contribution in [3.8, 4) is 0 Å². The molecule has 0 radical (unpaired) electrons. The summed E-state index contributed by atoms with van der Waals surface area (Å²) in [5, 5.41) is 0. The minimum absolute atomic E-state index is 0.352. The highest BCUT2D eigenvalue weighted by Gasteiger charge is 2.40. The van der Waals surface area contributed by atoms with Crippen molar-refractivity contribution in [3.63, 3.8) is 0 Å². The molecule has 7 nitrogen and oxygen atoms in total. The van der Waals surface area contributed by atoms with Crippen molar-refractivity contribution in [1.82, 2.24) is 33.9 Å². The third-order valence-electron chi connectivity index (χ3n) is 5.25. The molecule has 1 N–H and O–H groups in total. The number of aromatic amines is 1. The average molecular weight is 399 g/mol. The predicted molar refractivity (Wildman–Crippen MR) is 99.1 cm³/mol. The van der Waals surface area contributed by atoms with Gasteiger partial charge in [-0.15, -0.1) is 0 Å². The molecule has 0 saturated carbocycles. The Morgan fingerprint density at radius 2 is 2.10 bits per heavy atom. The second-order valence-corrected chi connectivity index (χ2v) is 7.17. The van der Waals surface area contributed by atoms with Gasteiger partial charge in [-0.25, -0.2) is 19.9 Å². The minimum Gasteiger partial charge on any atom is -0.348 e. The second kappa shape index (κ2) is 6.03. The van der Waals surface area contributed by atoms with Crippen LogP contribution in [0.3, 0.4) is 0 Å². The molecule has 0 fully saturated rings. The Morgan fingerprint density at radius 1 is 1.24 bits per heavy atom. The van der Waals surface area contributed by atoms with Crippen LogP contribution in [0.1, 0.15) is 23.6 Å². The van der Waals surface area contributed by atoms with E-state index in [1.165, 1.54) is 4.57 Å². The van der Waals surface area contributed by atoms with Gasteiger partial charge in [-0.3, -0.25) is 4.40 Å². The number of fused-ring (bicyclic) bond motifs is 3. The van der Waals surface area contributed by atoms with Crippen molar-refractivity contribution in [2.24, 2.45) is 7.05 Å². The van der Waals surface area contributed by atoms with Gasteiger partial charge in [-0.1, -0.05) is 24.3 Å². The highest BCUT2D eigenvalue weighted by molar-refractivity contribution is 5.78. The molecular weight excluding hydrogens is 383 g/mol. The minimum atomic E-state index is -4.50. The Kier molecular flexibility index (Phi) is 3.67. The van der Waals surface area contributed by atoms with Crippen LogP contribution in [0.5, 0.6) is 0 Å². The molecule has 1 unspecified atom stereocenters. The molecule has 0 aromatic carbocycles. The summed E-state index contributed by atoms with van der Waals surface area (Å²) in [4.78, 5) is 20.0. The zero-order valence-corrected chi connectivity index (χ0v) is 15.4. The van der Waals surface area contributed by atoms with E-state index in [0.29, 0.717) is 30.0 Å². The molecule has 1 aliphatic rings. The standard InChI is InChI=1S/C19H16F3N7/c1-28-9-13(19(20,21)22)26-17(28)18(5-3-2-4-6-18)7-12-15-16(25-10-24-12)27-14-8-23-11-29(14)15/h2-5,8-11H,6-7H2,1H3,(H,24,25,27). The predicted octanol–water partition coefficient (Wildman–Crippen LogP) is 3.35. The summed E-state index contributed by atoms with van der Waals surface area (Å²) in [6, 6.07) is 0. The molecule has 0 saturated heterocycles. The van der Waals surface area contributed by atoms with E-state index in [2.05, 4.69) is 24.9 Å². The van der Waals surface area contributed by atoms with Gasteiger partial charge in [0, 0.05) is 25.4 Å². The number of halogens is 3. The van der Waals surface area contributed by atoms with Gasteiger partial charge >= 0.3 is 6.18 Å². The Bertz CT molecular complexity index is 1270. The number of aromatic nitrogens is 7. The molecule has 1 aliphatic carbocycles. The molecule has 5 rings (SSSR count). The molecule has 0 bridgehead atoms. The number of H-pyrrole nitrogens is 1. The Morgan fingerprint density at radius 3 is 2.83 bits per heavy atom. The van der Waals surface area contributed by atoms with Crippen molar-refractivity contribution >= 4 is 16.8 Å². The number of aryl methyl sites for hydroxylation is 1. The van der Waals surface area contributed by atoms with Gasteiger partial charge in [0.1, 0.15) is 17.7 Å². The van der Waals surface area contributed by atoms with E-state index in [0.717, 1.165) is 17.4 Å². The zero-order valence-electron chi connectivity index (χ0n) is 15.4. The van der Waals surface area contributed by atoms with Gasteiger partial charge in [-0.2, -0.15) is 13.2 Å². The molecular formula is C19H16F3N7. The molecule has 0 amide bonds. The van der Waals surface area contributed by atoms with Crippen LogP contribution in [0.25, 0.3) is 16.8 Å². The smallest absolute Gasteiger partial charge is 0.348 e. The average Bonchev–Trinajstić information content (AvgIpc) is 3.36. The van der Waals surface area contributed by atoms with Gasteiger partial charge in [0.05, 0.1) is 17.9 Å². The molecule has 4 aromatic rings. The van der Waals surface area contributed by atoms with Gasteiger partial charge in [0.2, 0.25) is 0 Å². The summed E-state index contributed by atoms with van der Waals surface area (Å²) in [5.74, 6) is 0.352. The normalized spacial score (nSPS) is 19.6. The van der Waals surface area contributed by atoms with E-state index < -0.39 is 17.3 Å². The zero-order chi connectivity index (χ0) is 20.2. The first-order valence-corrected chi connectivity index (χ1v) is 8.97. The maximum absolute atomic E-state index is 13.3. The van der Waals surface area contributed by atoms with E-state index in [1.807, 2.05) is 28.7 Å². The fourth-order valence-electron chi connectivity index (χ4n) is 3.98. The molecule has 1 atom stereocenters. The van der Waals surface area contributed by atoms with Gasteiger partial charge in [-0.05, 0) is 6.42 Å². The quantitative estimate of drug-likeness (QED) is 0.573. The number of hydrogen-bond acceptors (Lipinski definition) is 4. The van der Waals surface area contributed by atoms with E-state index in [-0.39, 0.29) is 0 Å². The number of nitrogens with one attached hydrogen (secondary N) is 1. The SMILES string of the molecule is Cn1cc(C(F)(F)F)nc1C1(Cc2[nH]cnc3nc4cncn4c23)C=CC=CC1. The van der Waals surface area contributed by atoms with Crippen LogP contribution in [0.4, 0.5) is 13.2 Å². The molecule has 0 aliphatic heterocycles. The van der Waals surface area contributed by atoms with Crippen LogP contribution in [0.15, 0.2) is 49.4 Å². The number of hydrogen-bond donors (Lipinski definition) is 1. The third-order valence-corrected chi connectivity index (χ3v) is 5.25. The van der Waals surface area contributed by atoms with E-state index in [1.54, 1.807) is 25.9 Å². The molecule has 10 heteroatoms. The topological polar surface area (TPSA) is 76.7 Å². The Hall–Kier alpha value is -3.43. The van der Waals surface area contributed by atoms with E-state index in [4.69, 9.17) is 0 Å². The first kappa shape index (κ1) is 17.7. The van der Waals surface area contributed by atoms with Crippen LogP contribution in [-0.2, 0) is 25.1 Å². The Labute approximate surface area is 162 Å². The first-order chi connectivity index (χ1) is 13.9. The van der Waals surface area contributed by atoms with Gasteiger partial charge < -0.3 is 9.55 Å². The monoisotopic (exact) mass is 399 g/mol. The molecule has 29 heavy (non-hydrogen) atoms. The van der Waals surface area contributed by atoms with Gasteiger partial charge in [0.25, 0.3) is 0 Å². The van der Waals surface area contributed by atoms with Crippen molar-refractivity contribution in [3.05, 3.63) is 66.6 Å². The van der Waals surface area contributed by atoms with Gasteiger partial charge in [0.15, 0.2) is 17.0 Å². The lowest BCUT2D eigenvalue weighted by molar-refractivity contribution is -0.141. The summed E-state index contributed by atoms with van der Waals surface area (Å²) in [6.07, 6.45) is 9.87. The number of imidazole rings is 3. The maximum Gasteiger partial charge on any atom is 0.434 e. The van der Waals surface area contributed by atoms with Crippen molar-refractivity contribution in [2.45, 2.75) is 24.4 Å². The first-order valence-electron chi connectivity index (χ1n) is 8.97. The molecule has 4 aromatic heterocycles. The lowest BCUT2D eigenvalue weighted by atomic mass is 9.76. The summed E-state index contributed by atoms with van der Waals surface area (Å²) in [5.41, 5.74) is 1.13. The van der Waals surface area contributed by atoms with Crippen LogP contribution in [0.2, 0.25) is 0 Å². The van der Waals surface area contributed by atoms with Crippen LogP contribution in [0, 0.1) is 0 Å². The Balaban J connectivity index is 1.67. The van der Waals surface area contributed by atoms with Crippen LogP contribution >= 0.6 is 0 Å². The molecule has 0 spiro atoms. The lowest BCUT2D eigenvalue weighted by Gasteiger charge is -2.31. The van der Waals surface area contributed by atoms with Crippen molar-refractivity contribution in [2.75, 3.05) is 0 Å². The number of rotatable bonds is 3. The van der Waals surface area contributed by atoms with Crippen molar-refractivity contribution < 1.29 is 13.2 Å². The van der Waals surface area contributed by atoms with Crippen molar-refractivity contribution in [1.29, 1.82) is 0 Å². The molecule has 4 heterocycles. The largest absolute Gasteiger partial charge is 0.434 e. The fourth-order valence-corrected chi connectivity index (χ4v) is 3.98. The summed E-state index contributed by atoms with van der Waals surface area (Å²) in [6.45, 7) is 0. The number of nitrogens with zero attached hydrogens (tertiary/aromatic N) is 6. The van der Waals surface area contributed by atoms with E-state index in [9.17, 15) is 13.2 Å². The highest BCUT2D eigenvalue weighted by atomic mass is 19.4. The third kappa shape index (κ3) is 2.74. The summed E-state index contributed by atoms with van der Waals surface area (Å²) >= 11 is 0. The summed E-state index contributed by atoms with van der Waals surface area (Å²) in [7, 11) is 1.59. The number of allylic oxidation sites excluding steroid dienone is 4. The maximum atomic E-state index is 13.3. The molecule has 148 valence electrons.